The molecule has 0 spiro atoms. The molecule has 1 aliphatic heterocycles. The zero-order chi connectivity index (χ0) is 11.0. The third-order valence-electron chi connectivity index (χ3n) is 1.85. The van der Waals surface area contributed by atoms with E-state index in [9.17, 15) is 9.59 Å². The lowest BCUT2D eigenvalue weighted by Gasteiger charge is -2.00. The van der Waals surface area contributed by atoms with Crippen molar-refractivity contribution in [2.75, 3.05) is 7.05 Å². The Kier molecular flexibility index (Phi) is 2.99. The molecule has 1 fully saturated rings. The van der Waals surface area contributed by atoms with Crippen LogP contribution in [0, 0.1) is 0 Å². The molecule has 0 saturated carbocycles. The first kappa shape index (κ1) is 10.9. The molecule has 1 aromatic heterocycles. The number of likely N-dealkylation sites (N-methyl/N-ethyl adjacent to an activating group) is 1. The molecule has 0 aromatic carbocycles. The van der Waals surface area contributed by atoms with Crippen molar-refractivity contribution in [2.24, 2.45) is 0 Å². The number of halogens is 1. The third kappa shape index (κ3) is 2.16. The minimum atomic E-state index is -0.227. The summed E-state index contributed by atoms with van der Waals surface area (Å²) in [5.41, 5.74) is 0. The lowest BCUT2D eigenvalue weighted by Crippen LogP contribution is -2.22. The number of thioether (sulfide) groups is 1. The van der Waals surface area contributed by atoms with Crippen LogP contribution in [0.1, 0.15) is 4.88 Å². The van der Waals surface area contributed by atoms with Gasteiger partial charge in [0.05, 0.1) is 8.69 Å². The van der Waals surface area contributed by atoms with E-state index in [0.29, 0.717) is 4.91 Å². The Morgan fingerprint density at radius 1 is 1.40 bits per heavy atom. The van der Waals surface area contributed by atoms with Crippen LogP contribution in [0.2, 0.25) is 0 Å². The van der Waals surface area contributed by atoms with Crippen molar-refractivity contribution >= 4 is 56.3 Å². The van der Waals surface area contributed by atoms with E-state index < -0.39 is 0 Å². The van der Waals surface area contributed by atoms with Crippen LogP contribution in [-0.2, 0) is 4.79 Å². The van der Waals surface area contributed by atoms with E-state index >= 15 is 0 Å². The van der Waals surface area contributed by atoms with Crippen LogP contribution in [0.15, 0.2) is 20.8 Å². The summed E-state index contributed by atoms with van der Waals surface area (Å²) >= 11 is 5.84. The molecule has 0 atom stereocenters. The molecule has 2 rings (SSSR count). The zero-order valence-corrected chi connectivity index (χ0v) is 10.9. The molecule has 0 unspecified atom stereocenters. The molecule has 0 N–H and O–H groups in total. The van der Waals surface area contributed by atoms with E-state index in [1.54, 1.807) is 6.08 Å². The van der Waals surface area contributed by atoms with Gasteiger partial charge in [0, 0.05) is 11.9 Å². The topological polar surface area (TPSA) is 37.4 Å². The average Bonchev–Trinajstić information content (AvgIpc) is 2.68. The first-order valence-corrected chi connectivity index (χ1v) is 6.47. The number of hydrogen-bond acceptors (Lipinski definition) is 4. The Balaban J connectivity index is 2.29. The quantitative estimate of drug-likeness (QED) is 0.748. The Bertz CT molecular complexity index is 466. The molecular weight excluding hydrogens is 298 g/mol. The lowest BCUT2D eigenvalue weighted by atomic mass is 10.4. The number of nitrogens with zero attached hydrogens (tertiary/aromatic N) is 1. The number of imide groups is 1. The number of carbonyl (C=O) groups excluding carboxylic acids is 2. The van der Waals surface area contributed by atoms with Gasteiger partial charge < -0.3 is 0 Å². The normalized spacial score (nSPS) is 19.3. The molecule has 1 aromatic rings. The maximum Gasteiger partial charge on any atom is 0.293 e. The van der Waals surface area contributed by atoms with Crippen LogP contribution in [0.3, 0.4) is 0 Å². The van der Waals surface area contributed by atoms with Crippen molar-refractivity contribution in [2.45, 2.75) is 0 Å². The maximum absolute atomic E-state index is 11.5. The number of hydrogen-bond donors (Lipinski definition) is 0. The molecule has 3 nitrogen and oxygen atoms in total. The summed E-state index contributed by atoms with van der Waals surface area (Å²) in [6, 6.07) is 3.81. The van der Waals surface area contributed by atoms with Gasteiger partial charge in [0.15, 0.2) is 0 Å². The molecule has 6 heteroatoms. The van der Waals surface area contributed by atoms with Gasteiger partial charge in [-0.15, -0.1) is 11.3 Å². The van der Waals surface area contributed by atoms with Gasteiger partial charge >= 0.3 is 0 Å². The van der Waals surface area contributed by atoms with E-state index in [-0.39, 0.29) is 11.1 Å². The molecule has 15 heavy (non-hydrogen) atoms. The highest BCUT2D eigenvalue weighted by Crippen LogP contribution is 2.33. The number of amides is 2. The van der Waals surface area contributed by atoms with E-state index in [2.05, 4.69) is 15.9 Å². The Morgan fingerprint density at radius 2 is 2.13 bits per heavy atom. The zero-order valence-electron chi connectivity index (χ0n) is 7.69. The highest BCUT2D eigenvalue weighted by Gasteiger charge is 2.31. The minimum absolute atomic E-state index is 0.220. The van der Waals surface area contributed by atoms with Crippen molar-refractivity contribution in [3.05, 3.63) is 25.7 Å². The predicted octanol–water partition coefficient (Wildman–Crippen LogP) is 3.18. The summed E-state index contributed by atoms with van der Waals surface area (Å²) in [5, 5.41) is -0.220. The summed E-state index contributed by atoms with van der Waals surface area (Å²) in [6.07, 6.45) is 1.74. The van der Waals surface area contributed by atoms with E-state index in [4.69, 9.17) is 0 Å². The lowest BCUT2D eigenvalue weighted by molar-refractivity contribution is -0.121. The second-order valence-electron chi connectivity index (χ2n) is 2.88. The van der Waals surface area contributed by atoms with Gasteiger partial charge in [-0.05, 0) is 45.9 Å². The van der Waals surface area contributed by atoms with Crippen molar-refractivity contribution < 1.29 is 9.59 Å². The van der Waals surface area contributed by atoms with Gasteiger partial charge in [0.25, 0.3) is 11.1 Å². The summed E-state index contributed by atoms with van der Waals surface area (Å²) in [5.74, 6) is -0.227. The van der Waals surface area contributed by atoms with Crippen molar-refractivity contribution in [1.82, 2.24) is 4.90 Å². The van der Waals surface area contributed by atoms with Crippen molar-refractivity contribution in [3.8, 4) is 0 Å². The van der Waals surface area contributed by atoms with Crippen LogP contribution in [0.4, 0.5) is 4.79 Å². The smallest absolute Gasteiger partial charge is 0.272 e. The number of thiophene rings is 1. The number of carbonyl (C=O) groups is 2. The van der Waals surface area contributed by atoms with E-state index in [1.807, 2.05) is 12.1 Å². The van der Waals surface area contributed by atoms with Gasteiger partial charge in [0.1, 0.15) is 0 Å². The fourth-order valence-electron chi connectivity index (χ4n) is 1.08. The van der Waals surface area contributed by atoms with Gasteiger partial charge in [-0.2, -0.15) is 0 Å². The maximum atomic E-state index is 11.5. The van der Waals surface area contributed by atoms with Gasteiger partial charge in [-0.25, -0.2) is 0 Å². The monoisotopic (exact) mass is 303 g/mol. The van der Waals surface area contributed by atoms with Crippen LogP contribution in [-0.4, -0.2) is 23.1 Å². The Hall–Kier alpha value is -0.590. The van der Waals surface area contributed by atoms with E-state index in [0.717, 1.165) is 25.3 Å². The van der Waals surface area contributed by atoms with Crippen molar-refractivity contribution in [3.63, 3.8) is 0 Å². The summed E-state index contributed by atoms with van der Waals surface area (Å²) in [7, 11) is 1.49. The highest BCUT2D eigenvalue weighted by atomic mass is 79.9. The van der Waals surface area contributed by atoms with Crippen LogP contribution in [0.25, 0.3) is 6.08 Å². The molecule has 2 amide bonds. The van der Waals surface area contributed by atoms with E-state index in [1.165, 1.54) is 18.4 Å². The summed E-state index contributed by atoms with van der Waals surface area (Å²) < 4.78 is 1.00. The molecule has 1 aliphatic rings. The van der Waals surface area contributed by atoms with Gasteiger partial charge in [-0.3, -0.25) is 14.5 Å². The molecule has 1 saturated heterocycles. The highest BCUT2D eigenvalue weighted by molar-refractivity contribution is 9.11. The van der Waals surface area contributed by atoms with Crippen LogP contribution < -0.4 is 0 Å². The molecule has 0 aliphatic carbocycles. The standard InChI is InChI=1S/C9H6BrNO2S2/c1-11-8(12)6(15-9(11)13)4-5-2-3-7(10)14-5/h2-4H,1H3/b6-4-. The summed E-state index contributed by atoms with van der Waals surface area (Å²) in [4.78, 5) is 25.3. The van der Waals surface area contributed by atoms with Gasteiger partial charge in [-0.1, -0.05) is 0 Å². The number of rotatable bonds is 1. The van der Waals surface area contributed by atoms with Crippen LogP contribution >= 0.6 is 39.0 Å². The molecule has 2 heterocycles. The Labute approximate surface area is 103 Å². The minimum Gasteiger partial charge on any atom is -0.272 e. The first-order chi connectivity index (χ1) is 7.08. The largest absolute Gasteiger partial charge is 0.293 e. The average molecular weight is 304 g/mol. The fourth-order valence-corrected chi connectivity index (χ4v) is 3.34. The summed E-state index contributed by atoms with van der Waals surface area (Å²) in [6.45, 7) is 0. The predicted molar refractivity (Wildman–Crippen MR) is 65.8 cm³/mol. The SMILES string of the molecule is CN1C(=O)S/C(=C\c2ccc(Br)s2)C1=O. The Morgan fingerprint density at radius 3 is 2.60 bits per heavy atom. The van der Waals surface area contributed by atoms with Gasteiger partial charge in [0.2, 0.25) is 0 Å². The molecule has 78 valence electrons. The van der Waals surface area contributed by atoms with Crippen LogP contribution in [0.5, 0.6) is 0 Å². The molecule has 0 bridgehead atoms. The molecular formula is C9H6BrNO2S2. The van der Waals surface area contributed by atoms with Crippen molar-refractivity contribution in [1.29, 1.82) is 0 Å². The second kappa shape index (κ2) is 4.11. The molecule has 0 radical (unpaired) electrons. The first-order valence-electron chi connectivity index (χ1n) is 4.05. The third-order valence-corrected chi connectivity index (χ3v) is 4.39. The fraction of sp³-hybridized carbons (Fsp3) is 0.111. The second-order valence-corrected chi connectivity index (χ2v) is 6.37.